The summed E-state index contributed by atoms with van der Waals surface area (Å²) >= 11 is 0. The highest BCUT2D eigenvalue weighted by Gasteiger charge is 2.39. The minimum absolute atomic E-state index is 0.342. The number of ether oxygens (including phenoxy) is 2. The molecule has 1 saturated carbocycles. The van der Waals surface area contributed by atoms with Crippen LogP contribution >= 0.6 is 0 Å². The third-order valence-corrected chi connectivity index (χ3v) is 5.44. The molecule has 1 N–H and O–H groups in total. The fourth-order valence-electron chi connectivity index (χ4n) is 3.38. The minimum atomic E-state index is 0.342. The van der Waals surface area contributed by atoms with Crippen molar-refractivity contribution in [2.24, 2.45) is 11.3 Å². The lowest BCUT2D eigenvalue weighted by molar-refractivity contribution is -0.172. The molecule has 0 aromatic heterocycles. The average molecular weight is 283 g/mol. The zero-order chi connectivity index (χ0) is 14.6. The summed E-state index contributed by atoms with van der Waals surface area (Å²) in [5.74, 6) is 0.790. The summed E-state index contributed by atoms with van der Waals surface area (Å²) < 4.78 is 11.6. The Hall–Kier alpha value is -0.120. The maximum atomic E-state index is 6.32. The molecule has 0 bridgehead atoms. The topological polar surface area (TPSA) is 30.5 Å². The summed E-state index contributed by atoms with van der Waals surface area (Å²) in [6.07, 6.45) is 6.97. The highest BCUT2D eigenvalue weighted by atomic mass is 16.6. The van der Waals surface area contributed by atoms with Crippen LogP contribution in [-0.4, -0.2) is 38.0 Å². The van der Waals surface area contributed by atoms with Crippen LogP contribution in [0.2, 0.25) is 0 Å². The third kappa shape index (κ3) is 3.96. The highest BCUT2D eigenvalue weighted by Crippen LogP contribution is 2.41. The van der Waals surface area contributed by atoms with E-state index in [0.29, 0.717) is 23.7 Å². The van der Waals surface area contributed by atoms with Gasteiger partial charge in [0.1, 0.15) is 6.10 Å². The summed E-state index contributed by atoms with van der Waals surface area (Å²) in [5, 5.41) is 3.70. The lowest BCUT2D eigenvalue weighted by atomic mass is 9.68. The molecule has 118 valence electrons. The molecule has 20 heavy (non-hydrogen) atoms. The van der Waals surface area contributed by atoms with Crippen molar-refractivity contribution in [1.29, 1.82) is 0 Å². The molecular formula is C17H33NO2. The standard InChI is InChI=1S/C17H33NO2/c1-5-9-18-15-8-7-13(17(3,4)6-2)10-16(15)20-14-11-19-12-14/h13-16,18H,5-12H2,1-4H3. The van der Waals surface area contributed by atoms with Crippen LogP contribution in [0.5, 0.6) is 0 Å². The lowest BCUT2D eigenvalue weighted by Gasteiger charge is -2.45. The van der Waals surface area contributed by atoms with Crippen LogP contribution in [0.1, 0.15) is 59.8 Å². The number of hydrogen-bond donors (Lipinski definition) is 1. The Morgan fingerprint density at radius 3 is 2.50 bits per heavy atom. The van der Waals surface area contributed by atoms with Gasteiger partial charge < -0.3 is 14.8 Å². The molecule has 3 unspecified atom stereocenters. The van der Waals surface area contributed by atoms with Gasteiger partial charge in [-0.25, -0.2) is 0 Å². The Labute approximate surface area is 124 Å². The molecule has 2 fully saturated rings. The molecule has 3 heteroatoms. The van der Waals surface area contributed by atoms with Gasteiger partial charge in [0, 0.05) is 6.04 Å². The summed E-state index contributed by atoms with van der Waals surface area (Å²) in [4.78, 5) is 0. The predicted molar refractivity (Wildman–Crippen MR) is 83.0 cm³/mol. The van der Waals surface area contributed by atoms with Gasteiger partial charge >= 0.3 is 0 Å². The largest absolute Gasteiger partial charge is 0.376 e. The molecule has 0 aromatic rings. The molecule has 1 aliphatic carbocycles. The van der Waals surface area contributed by atoms with E-state index in [1.807, 2.05) is 0 Å². The van der Waals surface area contributed by atoms with Gasteiger partial charge in [-0.15, -0.1) is 0 Å². The monoisotopic (exact) mass is 283 g/mol. The molecule has 0 aromatic carbocycles. The second-order valence-electron chi connectivity index (χ2n) is 7.25. The first-order chi connectivity index (χ1) is 9.56. The highest BCUT2D eigenvalue weighted by molar-refractivity contribution is 4.91. The summed E-state index contributed by atoms with van der Waals surface area (Å²) in [7, 11) is 0. The zero-order valence-corrected chi connectivity index (χ0v) is 13.8. The van der Waals surface area contributed by atoms with Crippen LogP contribution in [0.3, 0.4) is 0 Å². The molecule has 1 saturated heterocycles. The second kappa shape index (κ2) is 7.24. The molecule has 2 aliphatic rings. The molecule has 0 radical (unpaired) electrons. The average Bonchev–Trinajstić information content (AvgIpc) is 2.41. The van der Waals surface area contributed by atoms with E-state index < -0.39 is 0 Å². The van der Waals surface area contributed by atoms with Crippen molar-refractivity contribution in [3.8, 4) is 0 Å². The van der Waals surface area contributed by atoms with Crippen molar-refractivity contribution in [2.45, 2.75) is 78.0 Å². The Kier molecular flexibility index (Phi) is 5.88. The van der Waals surface area contributed by atoms with Gasteiger partial charge in [0.05, 0.1) is 19.3 Å². The zero-order valence-electron chi connectivity index (χ0n) is 13.8. The van der Waals surface area contributed by atoms with E-state index in [0.717, 1.165) is 25.7 Å². The first-order valence-electron chi connectivity index (χ1n) is 8.53. The van der Waals surface area contributed by atoms with Crippen LogP contribution in [-0.2, 0) is 9.47 Å². The lowest BCUT2D eigenvalue weighted by Crippen LogP contribution is -2.51. The van der Waals surface area contributed by atoms with E-state index in [9.17, 15) is 0 Å². The first-order valence-corrected chi connectivity index (χ1v) is 8.53. The van der Waals surface area contributed by atoms with Crippen molar-refractivity contribution >= 4 is 0 Å². The molecule has 3 atom stereocenters. The molecular weight excluding hydrogens is 250 g/mol. The van der Waals surface area contributed by atoms with E-state index in [1.54, 1.807) is 0 Å². The summed E-state index contributed by atoms with van der Waals surface area (Å²) in [6.45, 7) is 12.1. The second-order valence-corrected chi connectivity index (χ2v) is 7.25. The fraction of sp³-hybridized carbons (Fsp3) is 1.00. The summed E-state index contributed by atoms with van der Waals surface area (Å²) in [6, 6.07) is 0.541. The molecule has 2 rings (SSSR count). The molecule has 0 amide bonds. The van der Waals surface area contributed by atoms with E-state index in [-0.39, 0.29) is 0 Å². The van der Waals surface area contributed by atoms with Crippen LogP contribution in [0, 0.1) is 11.3 Å². The minimum Gasteiger partial charge on any atom is -0.376 e. The van der Waals surface area contributed by atoms with E-state index >= 15 is 0 Å². The van der Waals surface area contributed by atoms with E-state index in [1.165, 1.54) is 32.1 Å². The van der Waals surface area contributed by atoms with Gasteiger partial charge in [0.2, 0.25) is 0 Å². The van der Waals surface area contributed by atoms with Crippen molar-refractivity contribution in [3.63, 3.8) is 0 Å². The molecule has 0 spiro atoms. The third-order valence-electron chi connectivity index (χ3n) is 5.44. The van der Waals surface area contributed by atoms with Gasteiger partial charge in [0.25, 0.3) is 0 Å². The van der Waals surface area contributed by atoms with Crippen molar-refractivity contribution in [3.05, 3.63) is 0 Å². The van der Waals surface area contributed by atoms with Crippen LogP contribution in [0.25, 0.3) is 0 Å². The van der Waals surface area contributed by atoms with Gasteiger partial charge in [-0.1, -0.05) is 34.1 Å². The van der Waals surface area contributed by atoms with Crippen LogP contribution < -0.4 is 5.32 Å². The van der Waals surface area contributed by atoms with Gasteiger partial charge in [0.15, 0.2) is 0 Å². The molecule has 1 heterocycles. The van der Waals surface area contributed by atoms with Crippen molar-refractivity contribution < 1.29 is 9.47 Å². The maximum Gasteiger partial charge on any atom is 0.105 e. The Bertz CT molecular complexity index is 289. The Morgan fingerprint density at radius 1 is 1.20 bits per heavy atom. The fourth-order valence-corrected chi connectivity index (χ4v) is 3.38. The quantitative estimate of drug-likeness (QED) is 0.777. The first kappa shape index (κ1) is 16.3. The van der Waals surface area contributed by atoms with Gasteiger partial charge in [-0.05, 0) is 43.6 Å². The van der Waals surface area contributed by atoms with Crippen LogP contribution in [0.4, 0.5) is 0 Å². The van der Waals surface area contributed by atoms with Crippen molar-refractivity contribution in [1.82, 2.24) is 5.32 Å². The number of hydrogen-bond acceptors (Lipinski definition) is 3. The Balaban J connectivity index is 1.94. The van der Waals surface area contributed by atoms with E-state index in [4.69, 9.17) is 9.47 Å². The smallest absolute Gasteiger partial charge is 0.105 e. The van der Waals surface area contributed by atoms with Gasteiger partial charge in [-0.2, -0.15) is 0 Å². The molecule has 3 nitrogen and oxygen atoms in total. The maximum absolute atomic E-state index is 6.32. The summed E-state index contributed by atoms with van der Waals surface area (Å²) in [5.41, 5.74) is 0.438. The SMILES string of the molecule is CCCNC1CCC(C(C)(C)CC)CC1OC1COC1. The number of rotatable bonds is 7. The molecule has 1 aliphatic heterocycles. The van der Waals surface area contributed by atoms with E-state index in [2.05, 4.69) is 33.0 Å². The van der Waals surface area contributed by atoms with Crippen molar-refractivity contribution in [2.75, 3.05) is 19.8 Å². The predicted octanol–water partition coefficient (Wildman–Crippen LogP) is 3.37. The number of nitrogens with one attached hydrogen (secondary N) is 1. The Morgan fingerprint density at radius 2 is 1.95 bits per heavy atom. The van der Waals surface area contributed by atoms with Crippen LogP contribution in [0.15, 0.2) is 0 Å². The van der Waals surface area contributed by atoms with Gasteiger partial charge in [-0.3, -0.25) is 0 Å². The normalized spacial score (nSPS) is 32.1.